The molecule has 2 atom stereocenters. The number of hydrogen-bond donors (Lipinski definition) is 1. The fourth-order valence-electron chi connectivity index (χ4n) is 4.14. The molecule has 6 nitrogen and oxygen atoms in total. The normalized spacial score (nSPS) is 22.9. The van der Waals surface area contributed by atoms with Crippen molar-refractivity contribution in [2.24, 2.45) is 0 Å². The first kappa shape index (κ1) is 21.4. The summed E-state index contributed by atoms with van der Waals surface area (Å²) in [7, 11) is 3.89. The van der Waals surface area contributed by atoms with E-state index in [-0.39, 0.29) is 17.4 Å². The van der Waals surface area contributed by atoms with Crippen molar-refractivity contribution in [3.8, 4) is 0 Å². The maximum Gasteiger partial charge on any atom is 0.295 e. The number of nitrogens with zero attached hydrogens (tertiary/aromatic N) is 2. The molecule has 0 aromatic heterocycles. The Bertz CT molecular complexity index is 1010. The van der Waals surface area contributed by atoms with Crippen molar-refractivity contribution in [2.45, 2.75) is 25.0 Å². The van der Waals surface area contributed by atoms with Gasteiger partial charge in [-0.25, -0.2) is 0 Å². The minimum atomic E-state index is -0.688. The number of ketones is 1. The SMILES string of the molecule is CN(C)c1ccc([C@H]2/C(=C(\O)c3ccc(Cl)cc3)C(=O)C(=O)N2C[C@H]2CCCO2)cc1. The van der Waals surface area contributed by atoms with Gasteiger partial charge < -0.3 is 19.6 Å². The summed E-state index contributed by atoms with van der Waals surface area (Å²) >= 11 is 5.97. The molecule has 2 aromatic rings. The molecule has 162 valence electrons. The zero-order valence-electron chi connectivity index (χ0n) is 17.5. The Morgan fingerprint density at radius 2 is 1.81 bits per heavy atom. The van der Waals surface area contributed by atoms with Crippen LogP contribution in [0.15, 0.2) is 54.1 Å². The number of Topliss-reactive ketones (excluding diaryl/α,β-unsaturated/α-hetero) is 1. The molecule has 4 rings (SSSR count). The highest BCUT2D eigenvalue weighted by molar-refractivity contribution is 6.46. The van der Waals surface area contributed by atoms with E-state index in [4.69, 9.17) is 16.3 Å². The van der Waals surface area contributed by atoms with Crippen molar-refractivity contribution in [3.63, 3.8) is 0 Å². The van der Waals surface area contributed by atoms with Crippen molar-refractivity contribution in [1.29, 1.82) is 0 Å². The summed E-state index contributed by atoms with van der Waals surface area (Å²) in [5.41, 5.74) is 2.29. The van der Waals surface area contributed by atoms with Gasteiger partial charge in [0, 0.05) is 43.5 Å². The Morgan fingerprint density at radius 1 is 1.13 bits per heavy atom. The van der Waals surface area contributed by atoms with Crippen LogP contribution in [0.1, 0.15) is 30.0 Å². The minimum Gasteiger partial charge on any atom is -0.507 e. The largest absolute Gasteiger partial charge is 0.507 e. The first-order chi connectivity index (χ1) is 14.9. The van der Waals surface area contributed by atoms with E-state index in [9.17, 15) is 14.7 Å². The van der Waals surface area contributed by atoms with Gasteiger partial charge in [0.2, 0.25) is 0 Å². The fraction of sp³-hybridized carbons (Fsp3) is 0.333. The molecule has 7 heteroatoms. The number of likely N-dealkylation sites (tertiary alicyclic amines) is 1. The molecule has 1 amide bonds. The van der Waals surface area contributed by atoms with E-state index in [0.717, 1.165) is 24.1 Å². The van der Waals surface area contributed by atoms with E-state index in [1.807, 2.05) is 43.3 Å². The highest BCUT2D eigenvalue weighted by Gasteiger charge is 2.47. The predicted molar refractivity (Wildman–Crippen MR) is 120 cm³/mol. The zero-order valence-corrected chi connectivity index (χ0v) is 18.3. The molecule has 0 bridgehead atoms. The molecule has 2 heterocycles. The molecule has 2 aliphatic heterocycles. The summed E-state index contributed by atoms with van der Waals surface area (Å²) in [5.74, 6) is -1.51. The van der Waals surface area contributed by atoms with Crippen molar-refractivity contribution >= 4 is 34.7 Å². The third kappa shape index (κ3) is 4.18. The summed E-state index contributed by atoms with van der Waals surface area (Å²) in [4.78, 5) is 29.5. The number of anilines is 1. The molecule has 2 saturated heterocycles. The molecular weight excluding hydrogens is 416 g/mol. The maximum atomic E-state index is 13.0. The minimum absolute atomic E-state index is 0.0860. The summed E-state index contributed by atoms with van der Waals surface area (Å²) < 4.78 is 5.72. The lowest BCUT2D eigenvalue weighted by atomic mass is 9.95. The van der Waals surface area contributed by atoms with Crippen LogP contribution in [0.3, 0.4) is 0 Å². The number of carbonyl (C=O) groups is 2. The van der Waals surface area contributed by atoms with Gasteiger partial charge in [-0.05, 0) is 54.8 Å². The average Bonchev–Trinajstić information content (AvgIpc) is 3.36. The van der Waals surface area contributed by atoms with Crippen LogP contribution in [-0.4, -0.2) is 55.0 Å². The fourth-order valence-corrected chi connectivity index (χ4v) is 4.27. The van der Waals surface area contributed by atoms with E-state index < -0.39 is 17.7 Å². The van der Waals surface area contributed by atoms with Crippen molar-refractivity contribution < 1.29 is 19.4 Å². The average molecular weight is 441 g/mol. The first-order valence-electron chi connectivity index (χ1n) is 10.3. The number of carbonyl (C=O) groups excluding carboxylic acids is 2. The topological polar surface area (TPSA) is 70.1 Å². The Kier molecular flexibility index (Phi) is 6.03. The lowest BCUT2D eigenvalue weighted by Gasteiger charge is -2.28. The zero-order chi connectivity index (χ0) is 22.1. The number of amides is 1. The molecule has 2 aliphatic rings. The van der Waals surface area contributed by atoms with Crippen LogP contribution in [0.25, 0.3) is 5.76 Å². The molecule has 0 radical (unpaired) electrons. The Labute approximate surface area is 186 Å². The molecule has 0 unspecified atom stereocenters. The van der Waals surface area contributed by atoms with Gasteiger partial charge in [-0.15, -0.1) is 0 Å². The Morgan fingerprint density at radius 3 is 2.39 bits per heavy atom. The molecule has 1 N–H and O–H groups in total. The molecule has 2 fully saturated rings. The molecular formula is C24H25ClN2O4. The summed E-state index contributed by atoms with van der Waals surface area (Å²) in [6, 6.07) is 13.5. The number of hydrogen-bond acceptors (Lipinski definition) is 5. The van der Waals surface area contributed by atoms with Crippen molar-refractivity contribution in [2.75, 3.05) is 32.1 Å². The standard InChI is InChI=1S/C24H25ClN2O4/c1-26(2)18-11-7-15(8-12-18)21-20(22(28)16-5-9-17(25)10-6-16)23(29)24(30)27(21)14-19-4-3-13-31-19/h5-12,19,21,28H,3-4,13-14H2,1-2H3/b22-20+/t19-,21+/m1/s1. The predicted octanol–water partition coefficient (Wildman–Crippen LogP) is 4.01. The van der Waals surface area contributed by atoms with Gasteiger partial charge in [0.25, 0.3) is 11.7 Å². The molecule has 31 heavy (non-hydrogen) atoms. The molecule has 0 aliphatic carbocycles. The lowest BCUT2D eigenvalue weighted by molar-refractivity contribution is -0.140. The van der Waals surface area contributed by atoms with E-state index in [1.54, 1.807) is 24.3 Å². The van der Waals surface area contributed by atoms with E-state index >= 15 is 0 Å². The number of rotatable bonds is 5. The second-order valence-corrected chi connectivity index (χ2v) is 8.52. The second-order valence-electron chi connectivity index (χ2n) is 8.08. The number of benzene rings is 2. The quantitative estimate of drug-likeness (QED) is 0.432. The summed E-state index contributed by atoms with van der Waals surface area (Å²) in [5, 5.41) is 11.6. The van der Waals surface area contributed by atoms with E-state index in [2.05, 4.69) is 0 Å². The number of aliphatic hydroxyl groups excluding tert-OH is 1. The van der Waals surface area contributed by atoms with Crippen LogP contribution < -0.4 is 4.90 Å². The Balaban J connectivity index is 1.80. The monoisotopic (exact) mass is 440 g/mol. The summed E-state index contributed by atoms with van der Waals surface area (Å²) in [6.45, 7) is 0.962. The van der Waals surface area contributed by atoms with Crippen LogP contribution in [0.5, 0.6) is 0 Å². The van der Waals surface area contributed by atoms with Gasteiger partial charge in [0.1, 0.15) is 5.76 Å². The molecule has 0 spiro atoms. The summed E-state index contributed by atoms with van der Waals surface area (Å²) in [6.07, 6.45) is 1.66. The highest BCUT2D eigenvalue weighted by Crippen LogP contribution is 2.40. The third-order valence-corrected chi connectivity index (χ3v) is 6.06. The lowest BCUT2D eigenvalue weighted by Crippen LogP contribution is -2.36. The third-order valence-electron chi connectivity index (χ3n) is 5.81. The first-order valence-corrected chi connectivity index (χ1v) is 10.7. The van der Waals surface area contributed by atoms with Crippen LogP contribution >= 0.6 is 11.6 Å². The van der Waals surface area contributed by atoms with Gasteiger partial charge in [-0.3, -0.25) is 9.59 Å². The van der Waals surface area contributed by atoms with Crippen molar-refractivity contribution in [3.05, 3.63) is 70.3 Å². The van der Waals surface area contributed by atoms with Crippen LogP contribution in [-0.2, 0) is 14.3 Å². The van der Waals surface area contributed by atoms with Gasteiger partial charge in [0.05, 0.1) is 17.7 Å². The number of halogens is 1. The van der Waals surface area contributed by atoms with Crippen LogP contribution in [0.2, 0.25) is 5.02 Å². The Hall–Kier alpha value is -2.83. The van der Waals surface area contributed by atoms with E-state index in [1.165, 1.54) is 4.90 Å². The maximum absolute atomic E-state index is 13.0. The van der Waals surface area contributed by atoms with E-state index in [0.29, 0.717) is 23.7 Å². The van der Waals surface area contributed by atoms with Gasteiger partial charge >= 0.3 is 0 Å². The number of aliphatic hydroxyl groups is 1. The molecule has 2 aromatic carbocycles. The number of ether oxygens (including phenoxy) is 1. The van der Waals surface area contributed by atoms with Crippen molar-refractivity contribution in [1.82, 2.24) is 4.90 Å². The van der Waals surface area contributed by atoms with Gasteiger partial charge in [0.15, 0.2) is 0 Å². The highest BCUT2D eigenvalue weighted by atomic mass is 35.5. The van der Waals surface area contributed by atoms with Gasteiger partial charge in [-0.2, -0.15) is 0 Å². The van der Waals surface area contributed by atoms with Crippen LogP contribution in [0, 0.1) is 0 Å². The van der Waals surface area contributed by atoms with Crippen LogP contribution in [0.4, 0.5) is 5.69 Å². The molecule has 0 saturated carbocycles. The van der Waals surface area contributed by atoms with Gasteiger partial charge in [-0.1, -0.05) is 23.7 Å². The smallest absolute Gasteiger partial charge is 0.295 e. The second kappa shape index (κ2) is 8.73.